The molecule has 2 aromatic carbocycles. The van der Waals surface area contributed by atoms with E-state index in [0.717, 1.165) is 26.5 Å². The highest BCUT2D eigenvalue weighted by atomic mass is 79.9. The zero-order valence-electron chi connectivity index (χ0n) is 13.5. The summed E-state index contributed by atoms with van der Waals surface area (Å²) in [6.45, 7) is 1.89. The molecule has 0 bridgehead atoms. The zero-order valence-corrected chi connectivity index (χ0v) is 15.1. The van der Waals surface area contributed by atoms with Gasteiger partial charge in [-0.15, -0.1) is 0 Å². The predicted molar refractivity (Wildman–Crippen MR) is 99.5 cm³/mol. The smallest absolute Gasteiger partial charge is 0.230 e. The molecule has 4 nitrogen and oxygen atoms in total. The molecule has 0 saturated heterocycles. The molecule has 5 heteroatoms. The Kier molecular flexibility index (Phi) is 4.81. The van der Waals surface area contributed by atoms with Gasteiger partial charge in [0.1, 0.15) is 11.6 Å². The second kappa shape index (κ2) is 7.01. The number of amides is 1. The lowest BCUT2D eigenvalue weighted by molar-refractivity contribution is -0.115. The van der Waals surface area contributed by atoms with Crippen LogP contribution in [0.25, 0.3) is 10.8 Å². The van der Waals surface area contributed by atoms with E-state index in [4.69, 9.17) is 4.74 Å². The minimum absolute atomic E-state index is 0.123. The Morgan fingerprint density at radius 1 is 1.21 bits per heavy atom. The maximum absolute atomic E-state index is 12.5. The largest absolute Gasteiger partial charge is 0.496 e. The van der Waals surface area contributed by atoms with Crippen molar-refractivity contribution in [3.8, 4) is 5.75 Å². The number of pyridine rings is 1. The Morgan fingerprint density at radius 2 is 2.04 bits per heavy atom. The van der Waals surface area contributed by atoms with E-state index in [1.54, 1.807) is 13.2 Å². The maximum Gasteiger partial charge on any atom is 0.230 e. The Morgan fingerprint density at radius 3 is 2.79 bits per heavy atom. The van der Waals surface area contributed by atoms with Gasteiger partial charge in [0.2, 0.25) is 5.91 Å². The molecule has 1 amide bonds. The molecule has 1 heterocycles. The zero-order chi connectivity index (χ0) is 17.1. The van der Waals surface area contributed by atoms with E-state index in [1.165, 1.54) is 0 Å². The normalized spacial score (nSPS) is 10.6. The molecule has 1 aromatic heterocycles. The number of hydrogen-bond donors (Lipinski definition) is 1. The van der Waals surface area contributed by atoms with Gasteiger partial charge < -0.3 is 10.1 Å². The summed E-state index contributed by atoms with van der Waals surface area (Å²) in [4.78, 5) is 16.8. The number of carbonyl (C=O) groups is 1. The van der Waals surface area contributed by atoms with E-state index >= 15 is 0 Å². The molecule has 0 fully saturated rings. The summed E-state index contributed by atoms with van der Waals surface area (Å²) in [6.07, 6.45) is 0.220. The van der Waals surface area contributed by atoms with Gasteiger partial charge in [-0.05, 0) is 48.0 Å². The number of anilines is 1. The second-order valence-electron chi connectivity index (χ2n) is 5.50. The number of carbonyl (C=O) groups excluding carboxylic acids is 1. The number of aryl methyl sites for hydroxylation is 1. The average molecular weight is 385 g/mol. The lowest BCUT2D eigenvalue weighted by Gasteiger charge is -2.12. The summed E-state index contributed by atoms with van der Waals surface area (Å²) in [6, 6.07) is 15.4. The number of hydrogen-bond acceptors (Lipinski definition) is 3. The number of fused-ring (bicyclic) bond motifs is 1. The molecule has 3 aromatic rings. The minimum atomic E-state index is -0.123. The van der Waals surface area contributed by atoms with Crippen LogP contribution in [-0.4, -0.2) is 18.0 Å². The molecule has 0 atom stereocenters. The predicted octanol–water partition coefficient (Wildman–Crippen LogP) is 4.50. The number of methoxy groups -OCH3 is 1. The van der Waals surface area contributed by atoms with Gasteiger partial charge in [-0.3, -0.25) is 4.79 Å². The number of benzene rings is 2. The number of aromatic nitrogens is 1. The third-order valence-electron chi connectivity index (χ3n) is 3.76. The third-order valence-corrected chi connectivity index (χ3v) is 4.26. The average Bonchev–Trinajstić information content (AvgIpc) is 2.54. The molecule has 0 aliphatic rings. The number of ether oxygens (including phenoxy) is 1. The van der Waals surface area contributed by atoms with Crippen LogP contribution in [-0.2, 0) is 11.2 Å². The fourth-order valence-electron chi connectivity index (χ4n) is 2.68. The van der Waals surface area contributed by atoms with Gasteiger partial charge in [0, 0.05) is 15.7 Å². The molecule has 0 spiro atoms. The van der Waals surface area contributed by atoms with Gasteiger partial charge in [-0.2, -0.15) is 0 Å². The number of rotatable bonds is 4. The minimum Gasteiger partial charge on any atom is -0.496 e. The first kappa shape index (κ1) is 16.5. The number of halogens is 1. The van der Waals surface area contributed by atoms with Crippen LogP contribution < -0.4 is 10.1 Å². The van der Waals surface area contributed by atoms with E-state index in [2.05, 4.69) is 26.2 Å². The van der Waals surface area contributed by atoms with Crippen LogP contribution in [0.1, 0.15) is 11.3 Å². The van der Waals surface area contributed by atoms with Gasteiger partial charge in [-0.1, -0.05) is 34.1 Å². The Labute approximate surface area is 149 Å². The Hall–Kier alpha value is -2.40. The van der Waals surface area contributed by atoms with Crippen molar-refractivity contribution in [1.29, 1.82) is 0 Å². The van der Waals surface area contributed by atoms with Crippen LogP contribution in [0.4, 0.5) is 5.82 Å². The molecular formula is C19H17BrN2O2. The van der Waals surface area contributed by atoms with Crippen LogP contribution in [0, 0.1) is 6.92 Å². The lowest BCUT2D eigenvalue weighted by atomic mass is 10.0. The first-order chi connectivity index (χ1) is 11.6. The molecule has 1 N–H and O–H groups in total. The fraction of sp³-hybridized carbons (Fsp3) is 0.158. The fourth-order valence-corrected chi connectivity index (χ4v) is 3.06. The van der Waals surface area contributed by atoms with Crippen molar-refractivity contribution in [3.63, 3.8) is 0 Å². The van der Waals surface area contributed by atoms with E-state index in [0.29, 0.717) is 11.6 Å². The van der Waals surface area contributed by atoms with E-state index in [9.17, 15) is 4.79 Å². The van der Waals surface area contributed by atoms with Crippen molar-refractivity contribution < 1.29 is 9.53 Å². The van der Waals surface area contributed by atoms with E-state index in [1.807, 2.05) is 49.4 Å². The lowest BCUT2D eigenvalue weighted by Crippen LogP contribution is -2.16. The monoisotopic (exact) mass is 384 g/mol. The summed E-state index contributed by atoms with van der Waals surface area (Å²) in [5.74, 6) is 1.14. The summed E-state index contributed by atoms with van der Waals surface area (Å²) in [7, 11) is 1.61. The summed E-state index contributed by atoms with van der Waals surface area (Å²) in [5, 5.41) is 4.91. The van der Waals surface area contributed by atoms with Gasteiger partial charge in [0.05, 0.1) is 13.5 Å². The van der Waals surface area contributed by atoms with Crippen LogP contribution in [0.5, 0.6) is 5.75 Å². The highest BCUT2D eigenvalue weighted by Gasteiger charge is 2.13. The van der Waals surface area contributed by atoms with Crippen molar-refractivity contribution >= 4 is 38.4 Å². The van der Waals surface area contributed by atoms with Gasteiger partial charge in [-0.25, -0.2) is 4.98 Å². The van der Waals surface area contributed by atoms with Crippen molar-refractivity contribution in [1.82, 2.24) is 4.98 Å². The quantitative estimate of drug-likeness (QED) is 0.720. The molecule has 0 unspecified atom stereocenters. The van der Waals surface area contributed by atoms with Crippen molar-refractivity contribution in [3.05, 3.63) is 64.3 Å². The van der Waals surface area contributed by atoms with Crippen LogP contribution in [0.2, 0.25) is 0 Å². The standard InChI is InChI=1S/C19H17BrN2O2/c1-12-4-3-5-18(21-12)22-19(23)11-16-15-8-7-14(20)10-13(15)6-9-17(16)24-2/h3-10H,11H2,1-2H3,(H,21,22,23). The summed E-state index contributed by atoms with van der Waals surface area (Å²) < 4.78 is 6.45. The molecule has 0 radical (unpaired) electrons. The van der Waals surface area contributed by atoms with Gasteiger partial charge >= 0.3 is 0 Å². The van der Waals surface area contributed by atoms with Crippen LogP contribution in [0.3, 0.4) is 0 Å². The SMILES string of the molecule is COc1ccc2cc(Br)ccc2c1CC(=O)Nc1cccc(C)n1. The molecule has 0 saturated carbocycles. The Balaban J connectivity index is 1.92. The molecule has 0 aliphatic carbocycles. The molecule has 3 rings (SSSR count). The van der Waals surface area contributed by atoms with Crippen molar-refractivity contribution in [2.24, 2.45) is 0 Å². The molecule has 24 heavy (non-hydrogen) atoms. The van der Waals surface area contributed by atoms with Gasteiger partial charge in [0.15, 0.2) is 0 Å². The van der Waals surface area contributed by atoms with Crippen LogP contribution >= 0.6 is 15.9 Å². The first-order valence-corrected chi connectivity index (χ1v) is 8.35. The van der Waals surface area contributed by atoms with E-state index < -0.39 is 0 Å². The molecule has 122 valence electrons. The summed E-state index contributed by atoms with van der Waals surface area (Å²) in [5.41, 5.74) is 1.73. The Bertz CT molecular complexity index is 909. The van der Waals surface area contributed by atoms with Crippen molar-refractivity contribution in [2.45, 2.75) is 13.3 Å². The van der Waals surface area contributed by atoms with Crippen molar-refractivity contribution in [2.75, 3.05) is 12.4 Å². The number of nitrogens with one attached hydrogen (secondary N) is 1. The molecular weight excluding hydrogens is 368 g/mol. The topological polar surface area (TPSA) is 51.2 Å². The van der Waals surface area contributed by atoms with Gasteiger partial charge in [0.25, 0.3) is 0 Å². The second-order valence-corrected chi connectivity index (χ2v) is 6.42. The highest BCUT2D eigenvalue weighted by molar-refractivity contribution is 9.10. The summed E-state index contributed by atoms with van der Waals surface area (Å²) >= 11 is 3.48. The van der Waals surface area contributed by atoms with Crippen LogP contribution in [0.15, 0.2) is 53.0 Å². The third kappa shape index (κ3) is 3.57. The maximum atomic E-state index is 12.5. The first-order valence-electron chi connectivity index (χ1n) is 7.55. The van der Waals surface area contributed by atoms with E-state index in [-0.39, 0.29) is 12.3 Å². The number of nitrogens with zero attached hydrogens (tertiary/aromatic N) is 1. The molecule has 0 aliphatic heterocycles. The highest BCUT2D eigenvalue weighted by Crippen LogP contribution is 2.30.